The van der Waals surface area contributed by atoms with Gasteiger partial charge in [-0.25, -0.2) is 4.79 Å². The lowest BCUT2D eigenvalue weighted by Crippen LogP contribution is -2.69. The van der Waals surface area contributed by atoms with E-state index in [-0.39, 0.29) is 27.9 Å². The lowest BCUT2D eigenvalue weighted by molar-refractivity contribution is -0.204. The highest BCUT2D eigenvalue weighted by Crippen LogP contribution is 2.34. The Bertz CT molecular complexity index is 860. The molecule has 2 aromatic carbocycles. The topological polar surface area (TPSA) is 67.4 Å². The summed E-state index contributed by atoms with van der Waals surface area (Å²) in [6, 6.07) is 10.4. The normalized spacial score (nSPS) is 13.4. The molecule has 1 amide bonds. The maximum Gasteiger partial charge on any atom is 0.441 e. The molecule has 0 heterocycles. The highest BCUT2D eigenvalue weighted by atomic mass is 35.5. The second-order valence-electron chi connectivity index (χ2n) is 5.56. The number of carbonyl (C=O) groups is 2. The SMILES string of the molecule is CCOC(=O)C(NC(=O)c1cccc(Cl)c1)(Nc1ccc(Cl)cc1)C(F)(F)F. The Morgan fingerprint density at radius 3 is 2.21 bits per heavy atom. The molecule has 0 bridgehead atoms. The van der Waals surface area contributed by atoms with Crippen LogP contribution in [0.3, 0.4) is 0 Å². The van der Waals surface area contributed by atoms with Gasteiger partial charge < -0.3 is 15.4 Å². The zero-order valence-electron chi connectivity index (χ0n) is 14.4. The Kier molecular flexibility index (Phi) is 6.79. The van der Waals surface area contributed by atoms with Crippen LogP contribution < -0.4 is 10.6 Å². The first kappa shape index (κ1) is 21.8. The number of amides is 1. The van der Waals surface area contributed by atoms with Crippen molar-refractivity contribution in [1.82, 2.24) is 5.32 Å². The first-order chi connectivity index (χ1) is 13.1. The van der Waals surface area contributed by atoms with Gasteiger partial charge in [0.15, 0.2) is 0 Å². The van der Waals surface area contributed by atoms with Crippen molar-refractivity contribution in [2.24, 2.45) is 0 Å². The van der Waals surface area contributed by atoms with Crippen molar-refractivity contribution in [2.45, 2.75) is 18.8 Å². The van der Waals surface area contributed by atoms with Crippen molar-refractivity contribution in [3.63, 3.8) is 0 Å². The summed E-state index contributed by atoms with van der Waals surface area (Å²) in [6.07, 6.45) is -5.24. The standard InChI is InChI=1S/C18H15Cl2F3N2O3/c1-2-28-16(27)17(18(21,22)23,24-14-8-6-12(19)7-9-14)25-15(26)11-4-3-5-13(20)10-11/h3-10,24H,2H2,1H3,(H,25,26). The largest absolute Gasteiger partial charge is 0.463 e. The van der Waals surface area contributed by atoms with Gasteiger partial charge in [-0.3, -0.25) is 4.79 Å². The van der Waals surface area contributed by atoms with Gasteiger partial charge in [0.25, 0.3) is 5.91 Å². The number of rotatable bonds is 6. The summed E-state index contributed by atoms with van der Waals surface area (Å²) >= 11 is 11.5. The third-order valence-corrected chi connectivity index (χ3v) is 4.06. The van der Waals surface area contributed by atoms with E-state index in [4.69, 9.17) is 23.2 Å². The number of carbonyl (C=O) groups excluding carboxylic acids is 2. The van der Waals surface area contributed by atoms with Crippen LogP contribution in [-0.4, -0.2) is 30.3 Å². The number of ether oxygens (including phenoxy) is 1. The highest BCUT2D eigenvalue weighted by Gasteiger charge is 2.63. The number of anilines is 1. The van der Waals surface area contributed by atoms with E-state index in [2.05, 4.69) is 4.74 Å². The molecule has 2 aromatic rings. The summed E-state index contributed by atoms with van der Waals surface area (Å²) in [5, 5.41) is 4.18. The Morgan fingerprint density at radius 2 is 1.68 bits per heavy atom. The van der Waals surface area contributed by atoms with E-state index >= 15 is 0 Å². The molecule has 150 valence electrons. The zero-order chi connectivity index (χ0) is 20.9. The minimum absolute atomic E-state index is 0.110. The van der Waals surface area contributed by atoms with Crippen LogP contribution in [0.15, 0.2) is 48.5 Å². The first-order valence-electron chi connectivity index (χ1n) is 7.95. The van der Waals surface area contributed by atoms with Crippen LogP contribution in [0.2, 0.25) is 10.0 Å². The highest BCUT2D eigenvalue weighted by molar-refractivity contribution is 6.31. The predicted octanol–water partition coefficient (Wildman–Crippen LogP) is 4.66. The van der Waals surface area contributed by atoms with E-state index in [9.17, 15) is 22.8 Å². The number of esters is 1. The second-order valence-corrected chi connectivity index (χ2v) is 6.44. The van der Waals surface area contributed by atoms with Gasteiger partial charge in [0.05, 0.1) is 6.61 Å². The van der Waals surface area contributed by atoms with Gasteiger partial charge in [0.1, 0.15) is 0 Å². The van der Waals surface area contributed by atoms with E-state index in [0.717, 1.165) is 0 Å². The molecule has 0 aliphatic carbocycles. The molecule has 28 heavy (non-hydrogen) atoms. The summed E-state index contributed by atoms with van der Waals surface area (Å²) in [4.78, 5) is 24.8. The molecule has 2 N–H and O–H groups in total. The third kappa shape index (κ3) is 4.88. The molecule has 0 fully saturated rings. The number of halogens is 5. The van der Waals surface area contributed by atoms with Crippen LogP contribution in [0.25, 0.3) is 0 Å². The molecule has 0 spiro atoms. The Morgan fingerprint density at radius 1 is 1.04 bits per heavy atom. The average molecular weight is 435 g/mol. The number of hydrogen-bond acceptors (Lipinski definition) is 4. The fourth-order valence-electron chi connectivity index (χ4n) is 2.25. The van der Waals surface area contributed by atoms with E-state index < -0.39 is 23.7 Å². The molecule has 2 rings (SSSR count). The lowest BCUT2D eigenvalue weighted by Gasteiger charge is -2.35. The van der Waals surface area contributed by atoms with Crippen molar-refractivity contribution in [3.05, 3.63) is 64.1 Å². The predicted molar refractivity (Wildman–Crippen MR) is 99.4 cm³/mol. The maximum atomic E-state index is 14.0. The van der Waals surface area contributed by atoms with Gasteiger partial charge in [-0.05, 0) is 49.4 Å². The Labute approximate surface area is 168 Å². The van der Waals surface area contributed by atoms with Crippen molar-refractivity contribution in [1.29, 1.82) is 0 Å². The van der Waals surface area contributed by atoms with Crippen LogP contribution in [0.4, 0.5) is 18.9 Å². The van der Waals surface area contributed by atoms with E-state index in [1.165, 1.54) is 55.5 Å². The summed E-state index contributed by atoms with van der Waals surface area (Å²) in [7, 11) is 0. The average Bonchev–Trinajstić information content (AvgIpc) is 2.62. The molecular weight excluding hydrogens is 420 g/mol. The molecule has 1 atom stereocenters. The Hall–Kier alpha value is -2.45. The van der Waals surface area contributed by atoms with Crippen molar-refractivity contribution >= 4 is 40.8 Å². The molecular formula is C18H15Cl2F3N2O3. The molecule has 5 nitrogen and oxygen atoms in total. The van der Waals surface area contributed by atoms with Crippen molar-refractivity contribution < 1.29 is 27.5 Å². The van der Waals surface area contributed by atoms with E-state index in [1.54, 1.807) is 5.32 Å². The maximum absolute atomic E-state index is 14.0. The minimum Gasteiger partial charge on any atom is -0.463 e. The van der Waals surface area contributed by atoms with Crippen LogP contribution in [0.1, 0.15) is 17.3 Å². The van der Waals surface area contributed by atoms with Crippen molar-refractivity contribution in [2.75, 3.05) is 11.9 Å². The monoisotopic (exact) mass is 434 g/mol. The van der Waals surface area contributed by atoms with E-state index in [0.29, 0.717) is 0 Å². The molecule has 1 unspecified atom stereocenters. The van der Waals surface area contributed by atoms with E-state index in [1.807, 2.05) is 5.32 Å². The summed E-state index contributed by atoms with van der Waals surface area (Å²) in [5.41, 5.74) is -3.81. The van der Waals surface area contributed by atoms with Crippen LogP contribution in [0, 0.1) is 0 Å². The summed E-state index contributed by atoms with van der Waals surface area (Å²) < 4.78 is 46.7. The Balaban J connectivity index is 2.50. The number of nitrogens with one attached hydrogen (secondary N) is 2. The van der Waals surface area contributed by atoms with Gasteiger partial charge in [-0.15, -0.1) is 0 Å². The van der Waals surface area contributed by atoms with Crippen LogP contribution in [0.5, 0.6) is 0 Å². The van der Waals surface area contributed by atoms with Gasteiger partial charge in [0.2, 0.25) is 0 Å². The van der Waals surface area contributed by atoms with Gasteiger partial charge in [-0.1, -0.05) is 29.3 Å². The minimum atomic E-state index is -5.24. The summed E-state index contributed by atoms with van der Waals surface area (Å²) in [5.74, 6) is -2.89. The molecule has 0 radical (unpaired) electrons. The van der Waals surface area contributed by atoms with Gasteiger partial charge >= 0.3 is 17.8 Å². The lowest BCUT2D eigenvalue weighted by atomic mass is 10.1. The quantitative estimate of drug-likeness (QED) is 0.512. The van der Waals surface area contributed by atoms with Gasteiger partial charge in [-0.2, -0.15) is 13.2 Å². The molecule has 0 aliphatic heterocycles. The fraction of sp³-hybridized carbons (Fsp3) is 0.222. The molecule has 0 saturated carbocycles. The summed E-state index contributed by atoms with van der Waals surface area (Å²) in [6.45, 7) is 1.02. The molecule has 0 aliphatic rings. The first-order valence-corrected chi connectivity index (χ1v) is 8.70. The fourth-order valence-corrected chi connectivity index (χ4v) is 2.57. The number of alkyl halides is 3. The molecule has 0 saturated heterocycles. The van der Waals surface area contributed by atoms with Crippen molar-refractivity contribution in [3.8, 4) is 0 Å². The molecule has 10 heteroatoms. The number of hydrogen-bond donors (Lipinski definition) is 2. The number of benzene rings is 2. The third-order valence-electron chi connectivity index (χ3n) is 3.57. The van der Waals surface area contributed by atoms with Gasteiger partial charge in [0, 0.05) is 21.3 Å². The zero-order valence-corrected chi connectivity index (χ0v) is 16.0. The smallest absolute Gasteiger partial charge is 0.441 e. The van der Waals surface area contributed by atoms with Crippen LogP contribution >= 0.6 is 23.2 Å². The van der Waals surface area contributed by atoms with Crippen LogP contribution in [-0.2, 0) is 9.53 Å². The second kappa shape index (κ2) is 8.70. The molecule has 0 aromatic heterocycles.